The number of tetrazole rings is 1. The molecular weight excluding hydrogens is 361 g/mol. The van der Waals surface area contributed by atoms with Crippen LogP contribution in [0.25, 0.3) is 0 Å². The van der Waals surface area contributed by atoms with E-state index in [0.29, 0.717) is 17.9 Å². The topological polar surface area (TPSA) is 67.2 Å². The Hall–Kier alpha value is -2.49. The Morgan fingerprint density at radius 1 is 1.19 bits per heavy atom. The first kappa shape index (κ1) is 19.3. The largest absolute Gasteiger partial charge is 0.416 e. The predicted molar refractivity (Wildman–Crippen MR) is 90.2 cm³/mol. The van der Waals surface area contributed by atoms with Crippen molar-refractivity contribution in [2.24, 2.45) is 0 Å². The van der Waals surface area contributed by atoms with Gasteiger partial charge in [0.1, 0.15) is 6.54 Å². The summed E-state index contributed by atoms with van der Waals surface area (Å²) >= 11 is 0. The molecular formula is C17H21F3N6O. The molecule has 0 bridgehead atoms. The van der Waals surface area contributed by atoms with E-state index in [2.05, 4.69) is 20.4 Å². The van der Waals surface area contributed by atoms with Gasteiger partial charge >= 0.3 is 6.18 Å². The van der Waals surface area contributed by atoms with Gasteiger partial charge in [-0.1, -0.05) is 12.1 Å². The Morgan fingerprint density at radius 3 is 2.48 bits per heavy atom. The molecule has 0 saturated carbocycles. The third-order valence-corrected chi connectivity index (χ3v) is 4.58. The molecule has 7 nitrogen and oxygen atoms in total. The van der Waals surface area contributed by atoms with Crippen LogP contribution in [-0.2, 0) is 30.6 Å². The van der Waals surface area contributed by atoms with Crippen LogP contribution in [0.5, 0.6) is 0 Å². The molecule has 1 saturated heterocycles. The van der Waals surface area contributed by atoms with Crippen LogP contribution in [-0.4, -0.2) is 56.1 Å². The van der Waals surface area contributed by atoms with Crippen LogP contribution in [0.2, 0.25) is 0 Å². The van der Waals surface area contributed by atoms with E-state index >= 15 is 0 Å². The lowest BCUT2D eigenvalue weighted by atomic mass is 10.1. The van der Waals surface area contributed by atoms with Crippen LogP contribution in [0.4, 0.5) is 13.2 Å². The second-order valence-corrected chi connectivity index (χ2v) is 6.68. The molecule has 1 fully saturated rings. The summed E-state index contributed by atoms with van der Waals surface area (Å²) in [5.74, 6) is 0.415. The number of carbonyl (C=O) groups is 1. The van der Waals surface area contributed by atoms with Crippen LogP contribution < -0.4 is 0 Å². The van der Waals surface area contributed by atoms with E-state index in [-0.39, 0.29) is 19.0 Å². The number of carbonyl (C=O) groups excluding carboxylic acids is 1. The van der Waals surface area contributed by atoms with Gasteiger partial charge in [0.25, 0.3) is 0 Å². The quantitative estimate of drug-likeness (QED) is 0.764. The fraction of sp³-hybridized carbons (Fsp3) is 0.529. The molecule has 1 aliphatic heterocycles. The molecule has 10 heteroatoms. The molecule has 1 aromatic carbocycles. The lowest BCUT2D eigenvalue weighted by molar-refractivity contribution is -0.137. The van der Waals surface area contributed by atoms with E-state index in [1.54, 1.807) is 7.05 Å². The van der Waals surface area contributed by atoms with Crippen molar-refractivity contribution in [1.29, 1.82) is 0 Å². The maximum atomic E-state index is 12.6. The van der Waals surface area contributed by atoms with Gasteiger partial charge < -0.3 is 4.90 Å². The number of halogens is 3. The van der Waals surface area contributed by atoms with Crippen molar-refractivity contribution in [3.8, 4) is 0 Å². The zero-order chi connectivity index (χ0) is 19.4. The van der Waals surface area contributed by atoms with Crippen molar-refractivity contribution < 1.29 is 18.0 Å². The van der Waals surface area contributed by atoms with Crippen molar-refractivity contribution in [1.82, 2.24) is 30.0 Å². The van der Waals surface area contributed by atoms with Crippen LogP contribution in [0.15, 0.2) is 24.3 Å². The minimum Gasteiger partial charge on any atom is -0.340 e. The van der Waals surface area contributed by atoms with Crippen LogP contribution >= 0.6 is 0 Å². The lowest BCUT2D eigenvalue weighted by Crippen LogP contribution is -2.31. The zero-order valence-electron chi connectivity index (χ0n) is 15.0. The highest BCUT2D eigenvalue weighted by molar-refractivity contribution is 5.75. The van der Waals surface area contributed by atoms with E-state index in [9.17, 15) is 18.0 Å². The highest BCUT2D eigenvalue weighted by Crippen LogP contribution is 2.29. The number of likely N-dealkylation sites (N-methyl/N-ethyl adjacent to an activating group) is 1. The van der Waals surface area contributed by atoms with E-state index < -0.39 is 11.7 Å². The Labute approximate surface area is 154 Å². The molecule has 0 N–H and O–H groups in total. The maximum absolute atomic E-state index is 12.6. The molecule has 27 heavy (non-hydrogen) atoms. The highest BCUT2D eigenvalue weighted by atomic mass is 19.4. The first-order valence-electron chi connectivity index (χ1n) is 8.70. The third kappa shape index (κ3) is 5.03. The van der Waals surface area contributed by atoms with E-state index in [4.69, 9.17) is 0 Å². The van der Waals surface area contributed by atoms with Crippen molar-refractivity contribution >= 4 is 5.91 Å². The molecule has 146 valence electrons. The third-order valence-electron chi connectivity index (χ3n) is 4.58. The lowest BCUT2D eigenvalue weighted by Gasteiger charge is -2.18. The second kappa shape index (κ2) is 8.03. The van der Waals surface area contributed by atoms with Crippen LogP contribution in [0, 0.1) is 0 Å². The van der Waals surface area contributed by atoms with E-state index in [1.807, 2.05) is 0 Å². The molecule has 2 heterocycles. The number of rotatable bonds is 6. The molecule has 2 aromatic rings. The molecule has 0 spiro atoms. The Kier molecular flexibility index (Phi) is 5.73. The van der Waals surface area contributed by atoms with Crippen LogP contribution in [0.1, 0.15) is 29.8 Å². The summed E-state index contributed by atoms with van der Waals surface area (Å²) in [6.45, 7) is 2.79. The van der Waals surface area contributed by atoms with E-state index in [0.717, 1.165) is 38.1 Å². The molecule has 1 aliphatic rings. The first-order chi connectivity index (χ1) is 12.8. The van der Waals surface area contributed by atoms with Gasteiger partial charge in [-0.05, 0) is 54.1 Å². The summed E-state index contributed by atoms with van der Waals surface area (Å²) in [4.78, 5) is 16.1. The fourth-order valence-electron chi connectivity index (χ4n) is 3.01. The first-order valence-corrected chi connectivity index (χ1v) is 8.70. The maximum Gasteiger partial charge on any atom is 0.416 e. The number of hydrogen-bond donors (Lipinski definition) is 0. The number of benzene rings is 1. The molecule has 1 amide bonds. The summed E-state index contributed by atoms with van der Waals surface area (Å²) in [5, 5.41) is 11.5. The summed E-state index contributed by atoms with van der Waals surface area (Å²) in [5.41, 5.74) is -0.0895. The summed E-state index contributed by atoms with van der Waals surface area (Å²) < 4.78 is 39.3. The van der Waals surface area contributed by atoms with Crippen molar-refractivity contribution in [3.63, 3.8) is 0 Å². The van der Waals surface area contributed by atoms with E-state index in [1.165, 1.54) is 21.7 Å². The van der Waals surface area contributed by atoms with Gasteiger partial charge in [0.2, 0.25) is 5.91 Å². The molecule has 0 atom stereocenters. The average Bonchev–Trinajstić information content (AvgIpc) is 3.27. The zero-order valence-corrected chi connectivity index (χ0v) is 15.0. The smallest absolute Gasteiger partial charge is 0.340 e. The molecule has 3 rings (SSSR count). The summed E-state index contributed by atoms with van der Waals surface area (Å²) in [6.07, 6.45) is -2.07. The fourth-order valence-corrected chi connectivity index (χ4v) is 3.01. The second-order valence-electron chi connectivity index (χ2n) is 6.68. The minimum absolute atomic E-state index is 0.00664. The van der Waals surface area contributed by atoms with Gasteiger partial charge in [0.05, 0.1) is 12.1 Å². The van der Waals surface area contributed by atoms with Crippen molar-refractivity contribution in [2.75, 3.05) is 20.1 Å². The van der Waals surface area contributed by atoms with Gasteiger partial charge in [0, 0.05) is 13.6 Å². The number of hydrogen-bond acceptors (Lipinski definition) is 5. The summed E-state index contributed by atoms with van der Waals surface area (Å²) in [7, 11) is 1.60. The van der Waals surface area contributed by atoms with Gasteiger partial charge in [-0.15, -0.1) is 5.10 Å². The van der Waals surface area contributed by atoms with Crippen LogP contribution in [0.3, 0.4) is 0 Å². The monoisotopic (exact) mass is 382 g/mol. The summed E-state index contributed by atoms with van der Waals surface area (Å²) in [6, 6.07) is 4.79. The number of alkyl halides is 3. The van der Waals surface area contributed by atoms with Crippen molar-refractivity contribution in [2.45, 2.75) is 38.7 Å². The Bertz CT molecular complexity index is 768. The SMILES string of the molecule is CN(Cc1ccc(C(F)(F)F)cc1)C(=O)Cn1nnnc1CN1CCCC1. The minimum atomic E-state index is -4.37. The number of amides is 1. The molecule has 0 unspecified atom stereocenters. The van der Waals surface area contributed by atoms with Gasteiger partial charge in [-0.25, -0.2) is 4.68 Å². The molecule has 0 radical (unpaired) electrons. The van der Waals surface area contributed by atoms with Crippen molar-refractivity contribution in [3.05, 3.63) is 41.2 Å². The number of nitrogens with zero attached hydrogens (tertiary/aromatic N) is 6. The number of likely N-dealkylation sites (tertiary alicyclic amines) is 1. The van der Waals surface area contributed by atoms with Gasteiger partial charge in [-0.2, -0.15) is 13.2 Å². The standard InChI is InChI=1S/C17H21F3N6O/c1-24(10-13-4-6-14(7-5-13)17(18,19)20)16(27)12-26-15(21-22-23-26)11-25-8-2-3-9-25/h4-7H,2-3,8-12H2,1H3. The predicted octanol–water partition coefficient (Wildman–Crippen LogP) is 1.95. The average molecular weight is 382 g/mol. The number of aromatic nitrogens is 4. The van der Waals surface area contributed by atoms with Gasteiger partial charge in [0.15, 0.2) is 5.82 Å². The molecule has 0 aliphatic carbocycles. The van der Waals surface area contributed by atoms with Gasteiger partial charge in [-0.3, -0.25) is 9.69 Å². The Morgan fingerprint density at radius 2 is 1.85 bits per heavy atom. The highest BCUT2D eigenvalue weighted by Gasteiger charge is 2.30. The normalized spacial score (nSPS) is 15.3. The Balaban J connectivity index is 1.57. The molecule has 1 aromatic heterocycles.